The van der Waals surface area contributed by atoms with Crippen LogP contribution in [0.2, 0.25) is 28.2 Å². The van der Waals surface area contributed by atoms with Gasteiger partial charge in [-0.2, -0.15) is 0 Å². The van der Waals surface area contributed by atoms with Crippen molar-refractivity contribution in [1.82, 2.24) is 0 Å². The van der Waals surface area contributed by atoms with Crippen LogP contribution in [0.4, 0.5) is 0 Å². The SMILES string of the molecule is CC[Si](CC)(CC)OC(CN)c1c(Cl)cc(C)cc1Cl. The zero-order chi connectivity index (χ0) is 15.3. The summed E-state index contributed by atoms with van der Waals surface area (Å²) < 4.78 is 6.47. The Hall–Kier alpha value is -0.0631. The highest BCUT2D eigenvalue weighted by Gasteiger charge is 2.33. The third-order valence-electron chi connectivity index (χ3n) is 4.08. The summed E-state index contributed by atoms with van der Waals surface area (Å²) in [6.07, 6.45) is -0.206. The molecule has 1 rings (SSSR count). The van der Waals surface area contributed by atoms with E-state index in [-0.39, 0.29) is 6.10 Å². The Bertz CT molecular complexity index is 418. The largest absolute Gasteiger partial charge is 0.409 e. The molecule has 0 aliphatic heterocycles. The molecule has 114 valence electrons. The molecular weight excluding hydrogens is 309 g/mol. The van der Waals surface area contributed by atoms with E-state index in [0.29, 0.717) is 16.6 Å². The molecule has 0 radical (unpaired) electrons. The van der Waals surface area contributed by atoms with Crippen LogP contribution in [-0.4, -0.2) is 14.9 Å². The van der Waals surface area contributed by atoms with Crippen molar-refractivity contribution in [3.05, 3.63) is 33.3 Å². The van der Waals surface area contributed by atoms with Crippen LogP contribution >= 0.6 is 23.2 Å². The second-order valence-corrected chi connectivity index (χ2v) is 10.8. The maximum absolute atomic E-state index is 6.47. The van der Waals surface area contributed by atoms with Gasteiger partial charge in [-0.05, 0) is 42.8 Å². The number of hydrogen-bond acceptors (Lipinski definition) is 2. The van der Waals surface area contributed by atoms with Gasteiger partial charge in [0.15, 0.2) is 8.32 Å². The Labute approximate surface area is 133 Å². The van der Waals surface area contributed by atoms with Gasteiger partial charge in [0.2, 0.25) is 0 Å². The van der Waals surface area contributed by atoms with Crippen molar-refractivity contribution >= 4 is 31.5 Å². The lowest BCUT2D eigenvalue weighted by Crippen LogP contribution is -2.39. The van der Waals surface area contributed by atoms with Gasteiger partial charge in [-0.25, -0.2) is 0 Å². The van der Waals surface area contributed by atoms with Crippen molar-refractivity contribution in [1.29, 1.82) is 0 Å². The predicted molar refractivity (Wildman–Crippen MR) is 91.3 cm³/mol. The van der Waals surface area contributed by atoms with Crippen molar-refractivity contribution in [2.24, 2.45) is 5.73 Å². The van der Waals surface area contributed by atoms with Gasteiger partial charge < -0.3 is 10.2 Å². The Morgan fingerprint density at radius 1 is 1.10 bits per heavy atom. The minimum atomic E-state index is -1.74. The van der Waals surface area contributed by atoms with Crippen molar-refractivity contribution in [3.8, 4) is 0 Å². The van der Waals surface area contributed by atoms with Crippen LogP contribution in [0.5, 0.6) is 0 Å². The topological polar surface area (TPSA) is 35.2 Å². The van der Waals surface area contributed by atoms with E-state index in [0.717, 1.165) is 29.3 Å². The fourth-order valence-corrected chi connectivity index (χ4v) is 6.20. The Morgan fingerprint density at radius 2 is 1.55 bits per heavy atom. The smallest absolute Gasteiger partial charge is 0.192 e. The van der Waals surface area contributed by atoms with Crippen LogP contribution in [0.25, 0.3) is 0 Å². The van der Waals surface area contributed by atoms with E-state index in [2.05, 4.69) is 20.8 Å². The van der Waals surface area contributed by atoms with Crippen LogP contribution < -0.4 is 5.73 Å². The highest BCUT2D eigenvalue weighted by molar-refractivity contribution is 6.73. The molecule has 0 aliphatic carbocycles. The summed E-state index contributed by atoms with van der Waals surface area (Å²) in [5.74, 6) is 0. The molecule has 0 aliphatic rings. The Balaban J connectivity index is 3.14. The normalized spacial score (nSPS) is 13.6. The number of benzene rings is 1. The summed E-state index contributed by atoms with van der Waals surface area (Å²) in [7, 11) is -1.74. The molecule has 0 bridgehead atoms. The summed E-state index contributed by atoms with van der Waals surface area (Å²) in [4.78, 5) is 0. The van der Waals surface area contributed by atoms with Crippen LogP contribution in [-0.2, 0) is 4.43 Å². The van der Waals surface area contributed by atoms with E-state index in [1.807, 2.05) is 19.1 Å². The average molecular weight is 334 g/mol. The van der Waals surface area contributed by atoms with Gasteiger partial charge in [-0.3, -0.25) is 0 Å². The minimum absolute atomic E-state index is 0.206. The van der Waals surface area contributed by atoms with E-state index in [1.54, 1.807) is 0 Å². The molecule has 0 saturated heterocycles. The predicted octanol–water partition coefficient (Wildman–Crippen LogP) is 5.32. The molecule has 0 spiro atoms. The van der Waals surface area contributed by atoms with Gasteiger partial charge in [0.05, 0.1) is 6.10 Å². The zero-order valence-corrected chi connectivity index (χ0v) is 15.3. The van der Waals surface area contributed by atoms with E-state index in [1.165, 1.54) is 0 Å². The van der Waals surface area contributed by atoms with Gasteiger partial charge in [-0.1, -0.05) is 44.0 Å². The van der Waals surface area contributed by atoms with E-state index in [9.17, 15) is 0 Å². The number of aryl methyl sites for hydroxylation is 1. The number of nitrogens with two attached hydrogens (primary N) is 1. The Kier molecular flexibility index (Phi) is 7.02. The molecule has 1 atom stereocenters. The molecule has 5 heteroatoms. The monoisotopic (exact) mass is 333 g/mol. The summed E-state index contributed by atoms with van der Waals surface area (Å²) in [6.45, 7) is 8.97. The molecule has 0 fully saturated rings. The number of hydrogen-bond donors (Lipinski definition) is 1. The zero-order valence-electron chi connectivity index (χ0n) is 12.8. The summed E-state index contributed by atoms with van der Waals surface area (Å²) in [5, 5.41) is 1.30. The van der Waals surface area contributed by atoms with Gasteiger partial charge >= 0.3 is 0 Å². The highest BCUT2D eigenvalue weighted by atomic mass is 35.5. The summed E-state index contributed by atoms with van der Waals surface area (Å²) in [6, 6.07) is 7.08. The first-order valence-corrected chi connectivity index (χ1v) is 10.5. The van der Waals surface area contributed by atoms with Gasteiger partial charge in [0.25, 0.3) is 0 Å². The number of rotatable bonds is 7. The van der Waals surface area contributed by atoms with Crippen molar-refractivity contribution in [2.45, 2.75) is 51.9 Å². The molecule has 2 N–H and O–H groups in total. The first-order valence-electron chi connectivity index (χ1n) is 7.26. The van der Waals surface area contributed by atoms with Crippen LogP contribution in [0.3, 0.4) is 0 Å². The standard InChI is InChI=1S/C15H25Cl2NOSi/c1-5-20(6-2,7-3)19-14(10-18)15-12(16)8-11(4)9-13(15)17/h8-9,14H,5-7,10,18H2,1-4H3. The second-order valence-electron chi connectivity index (χ2n) is 5.23. The molecule has 1 unspecified atom stereocenters. The van der Waals surface area contributed by atoms with Gasteiger partial charge in [0.1, 0.15) is 0 Å². The summed E-state index contributed by atoms with van der Waals surface area (Å²) in [5.41, 5.74) is 7.82. The molecular formula is C15H25Cl2NOSi. The fraction of sp³-hybridized carbons (Fsp3) is 0.600. The second kappa shape index (κ2) is 7.81. The van der Waals surface area contributed by atoms with E-state index >= 15 is 0 Å². The van der Waals surface area contributed by atoms with Crippen molar-refractivity contribution in [3.63, 3.8) is 0 Å². The quantitative estimate of drug-likeness (QED) is 0.685. The third-order valence-corrected chi connectivity index (χ3v) is 9.36. The highest BCUT2D eigenvalue weighted by Crippen LogP contribution is 2.37. The fourth-order valence-electron chi connectivity index (χ4n) is 2.55. The van der Waals surface area contributed by atoms with Crippen molar-refractivity contribution in [2.75, 3.05) is 6.54 Å². The molecule has 0 aromatic heterocycles. The molecule has 2 nitrogen and oxygen atoms in total. The average Bonchev–Trinajstić information content (AvgIpc) is 2.42. The van der Waals surface area contributed by atoms with Crippen LogP contribution in [0.15, 0.2) is 12.1 Å². The maximum Gasteiger partial charge on any atom is 0.192 e. The lowest BCUT2D eigenvalue weighted by molar-refractivity contribution is 0.198. The molecule has 0 saturated carbocycles. The summed E-state index contributed by atoms with van der Waals surface area (Å²) >= 11 is 12.7. The first kappa shape index (κ1) is 18.0. The third kappa shape index (κ3) is 3.98. The molecule has 1 aromatic carbocycles. The van der Waals surface area contributed by atoms with Gasteiger partial charge in [-0.15, -0.1) is 0 Å². The van der Waals surface area contributed by atoms with Crippen LogP contribution in [0, 0.1) is 6.92 Å². The van der Waals surface area contributed by atoms with E-state index < -0.39 is 8.32 Å². The minimum Gasteiger partial charge on any atom is -0.409 e. The maximum atomic E-state index is 6.47. The lowest BCUT2D eigenvalue weighted by atomic mass is 10.1. The van der Waals surface area contributed by atoms with Crippen molar-refractivity contribution < 1.29 is 4.43 Å². The molecule has 20 heavy (non-hydrogen) atoms. The molecule has 0 amide bonds. The van der Waals surface area contributed by atoms with Crippen LogP contribution in [0.1, 0.15) is 38.0 Å². The Morgan fingerprint density at radius 3 is 1.90 bits per heavy atom. The molecule has 0 heterocycles. The van der Waals surface area contributed by atoms with Gasteiger partial charge in [0, 0.05) is 22.2 Å². The lowest BCUT2D eigenvalue weighted by Gasteiger charge is -2.33. The number of halogens is 2. The van der Waals surface area contributed by atoms with E-state index in [4.69, 9.17) is 33.4 Å². The first-order chi connectivity index (χ1) is 9.42. The molecule has 1 aromatic rings.